The zero-order valence-electron chi connectivity index (χ0n) is 22.5. The van der Waals surface area contributed by atoms with Gasteiger partial charge in [0.1, 0.15) is 36.1 Å². The Kier molecular flexibility index (Phi) is 11.1. The molecule has 0 heterocycles. The Bertz CT molecular complexity index is 1470. The summed E-state index contributed by atoms with van der Waals surface area (Å²) in [4.78, 5) is 48.7. The SMILES string of the molecule is COC(=O)CC(=O)N(c1ccc(F)cc1)c1ccc(F)cc1.O=C(O)CC(=O)N(c1ccc(F)cc1)c1ccc(F)cc1. The van der Waals surface area contributed by atoms with Gasteiger partial charge in [-0.15, -0.1) is 0 Å². The quantitative estimate of drug-likeness (QED) is 0.146. The van der Waals surface area contributed by atoms with E-state index in [1.54, 1.807) is 0 Å². The summed E-state index contributed by atoms with van der Waals surface area (Å²) in [5.41, 5.74) is 1.33. The summed E-state index contributed by atoms with van der Waals surface area (Å²) in [6.45, 7) is 0. The average Bonchev–Trinajstić information content (AvgIpc) is 2.97. The third-order valence-corrected chi connectivity index (χ3v) is 5.66. The van der Waals surface area contributed by atoms with Gasteiger partial charge in [0.15, 0.2) is 0 Å². The van der Waals surface area contributed by atoms with Crippen molar-refractivity contribution in [2.45, 2.75) is 12.8 Å². The van der Waals surface area contributed by atoms with Gasteiger partial charge in [-0.1, -0.05) is 0 Å². The number of benzene rings is 4. The van der Waals surface area contributed by atoms with Crippen LogP contribution in [0.15, 0.2) is 97.1 Å². The van der Waals surface area contributed by atoms with E-state index in [0.717, 1.165) is 29.2 Å². The van der Waals surface area contributed by atoms with Gasteiger partial charge < -0.3 is 9.84 Å². The lowest BCUT2D eigenvalue weighted by atomic mass is 10.2. The molecule has 0 aliphatic carbocycles. The Morgan fingerprint density at radius 2 is 0.791 bits per heavy atom. The van der Waals surface area contributed by atoms with Crippen LogP contribution in [0, 0.1) is 23.3 Å². The van der Waals surface area contributed by atoms with E-state index in [1.165, 1.54) is 84.8 Å². The third kappa shape index (κ3) is 9.25. The molecule has 0 saturated carbocycles. The van der Waals surface area contributed by atoms with E-state index in [-0.39, 0.29) is 0 Å². The van der Waals surface area contributed by atoms with Crippen LogP contribution >= 0.6 is 0 Å². The van der Waals surface area contributed by atoms with Crippen LogP contribution in [-0.2, 0) is 23.9 Å². The topological polar surface area (TPSA) is 104 Å². The molecule has 12 heteroatoms. The first-order valence-electron chi connectivity index (χ1n) is 12.4. The maximum absolute atomic E-state index is 13.0. The third-order valence-electron chi connectivity index (χ3n) is 5.66. The summed E-state index contributed by atoms with van der Waals surface area (Å²) >= 11 is 0. The van der Waals surface area contributed by atoms with Gasteiger partial charge in [-0.25, -0.2) is 17.6 Å². The predicted molar refractivity (Wildman–Crippen MR) is 149 cm³/mol. The Morgan fingerprint density at radius 3 is 1.02 bits per heavy atom. The molecule has 0 saturated heterocycles. The van der Waals surface area contributed by atoms with Crippen molar-refractivity contribution in [3.05, 3.63) is 120 Å². The number of hydrogen-bond donors (Lipinski definition) is 1. The molecule has 0 fully saturated rings. The molecule has 4 aromatic rings. The van der Waals surface area contributed by atoms with Crippen molar-refractivity contribution in [1.82, 2.24) is 0 Å². The van der Waals surface area contributed by atoms with Gasteiger partial charge in [0.2, 0.25) is 11.8 Å². The molecule has 0 atom stereocenters. The number of carboxylic acid groups (broad SMARTS) is 1. The first-order chi connectivity index (χ1) is 20.5. The van der Waals surface area contributed by atoms with Gasteiger partial charge in [0.25, 0.3) is 0 Å². The number of hydrogen-bond acceptors (Lipinski definition) is 5. The number of amides is 2. The number of ether oxygens (including phenoxy) is 1. The highest BCUT2D eigenvalue weighted by Crippen LogP contribution is 2.28. The second-order valence-electron chi connectivity index (χ2n) is 8.69. The summed E-state index contributed by atoms with van der Waals surface area (Å²) < 4.78 is 56.5. The highest BCUT2D eigenvalue weighted by atomic mass is 19.1. The maximum Gasteiger partial charge on any atom is 0.315 e. The lowest BCUT2D eigenvalue weighted by molar-refractivity contribution is -0.143. The van der Waals surface area contributed by atoms with Crippen LogP contribution < -0.4 is 9.80 Å². The van der Waals surface area contributed by atoms with Crippen molar-refractivity contribution in [3.8, 4) is 0 Å². The summed E-state index contributed by atoms with van der Waals surface area (Å²) in [7, 11) is 1.18. The molecular weight excluding hydrogens is 572 g/mol. The monoisotopic (exact) mass is 596 g/mol. The summed E-state index contributed by atoms with van der Waals surface area (Å²) in [6, 6.07) is 20.3. The van der Waals surface area contributed by atoms with Crippen molar-refractivity contribution in [1.29, 1.82) is 0 Å². The number of aliphatic carboxylic acids is 1. The summed E-state index contributed by atoms with van der Waals surface area (Å²) in [5, 5.41) is 8.75. The van der Waals surface area contributed by atoms with E-state index in [9.17, 15) is 36.7 Å². The maximum atomic E-state index is 13.0. The molecule has 0 spiro atoms. The molecule has 4 rings (SSSR count). The molecule has 0 aromatic heterocycles. The molecule has 0 bridgehead atoms. The van der Waals surface area contributed by atoms with E-state index < -0.39 is 59.9 Å². The number of nitrogens with zero attached hydrogens (tertiary/aromatic N) is 2. The Morgan fingerprint density at radius 1 is 0.535 bits per heavy atom. The van der Waals surface area contributed by atoms with Crippen LogP contribution in [0.25, 0.3) is 0 Å². The van der Waals surface area contributed by atoms with Gasteiger partial charge in [-0.3, -0.25) is 29.0 Å². The highest BCUT2D eigenvalue weighted by molar-refractivity contribution is 6.08. The number of halogens is 4. The molecular formula is C31H24F4N2O6. The second-order valence-corrected chi connectivity index (χ2v) is 8.69. The molecule has 1 N–H and O–H groups in total. The minimum Gasteiger partial charge on any atom is -0.481 e. The normalized spacial score (nSPS) is 10.2. The van der Waals surface area contributed by atoms with Crippen molar-refractivity contribution in [3.63, 3.8) is 0 Å². The Hall–Kier alpha value is -5.52. The van der Waals surface area contributed by atoms with Gasteiger partial charge in [0, 0.05) is 22.7 Å². The number of carboxylic acids is 1. The minimum atomic E-state index is -1.28. The van der Waals surface area contributed by atoms with E-state index >= 15 is 0 Å². The van der Waals surface area contributed by atoms with Crippen molar-refractivity contribution in [2.75, 3.05) is 16.9 Å². The van der Waals surface area contributed by atoms with Crippen molar-refractivity contribution in [2.24, 2.45) is 0 Å². The number of methoxy groups -OCH3 is 1. The van der Waals surface area contributed by atoms with Gasteiger partial charge >= 0.3 is 11.9 Å². The first kappa shape index (κ1) is 32.0. The summed E-state index contributed by atoms with van der Waals surface area (Å²) in [5.74, 6) is -5.13. The van der Waals surface area contributed by atoms with Crippen LogP contribution in [0.1, 0.15) is 12.8 Å². The zero-order valence-corrected chi connectivity index (χ0v) is 22.5. The standard InChI is InChI=1S/C16H13F2NO3.C15H11F2NO3/c1-22-16(21)10-15(20)19(13-6-2-11(17)3-7-13)14-8-4-12(18)5-9-14;16-10-1-5-12(6-2-10)18(14(19)9-15(20)21)13-7-3-11(17)4-8-13/h2-9H,10H2,1H3;1-8H,9H2,(H,20,21). The lowest BCUT2D eigenvalue weighted by Crippen LogP contribution is -2.28. The molecule has 8 nitrogen and oxygen atoms in total. The minimum absolute atomic E-state index is 0.300. The largest absolute Gasteiger partial charge is 0.481 e. The highest BCUT2D eigenvalue weighted by Gasteiger charge is 2.22. The second kappa shape index (κ2) is 14.9. The number of rotatable bonds is 8. The Balaban J connectivity index is 0.000000236. The fourth-order valence-electron chi connectivity index (χ4n) is 3.72. The predicted octanol–water partition coefficient (Wildman–Crippen LogP) is 6.30. The molecule has 43 heavy (non-hydrogen) atoms. The van der Waals surface area contributed by atoms with Gasteiger partial charge in [-0.2, -0.15) is 0 Å². The molecule has 0 unspecified atom stereocenters. The fourth-order valence-corrected chi connectivity index (χ4v) is 3.72. The van der Waals surface area contributed by atoms with E-state index in [4.69, 9.17) is 5.11 Å². The van der Waals surface area contributed by atoms with Crippen LogP contribution in [0.5, 0.6) is 0 Å². The smallest absolute Gasteiger partial charge is 0.315 e. The molecule has 0 aliphatic rings. The lowest BCUT2D eigenvalue weighted by Gasteiger charge is -2.22. The van der Waals surface area contributed by atoms with E-state index in [1.807, 2.05) is 0 Å². The molecule has 222 valence electrons. The zero-order chi connectivity index (χ0) is 31.5. The van der Waals surface area contributed by atoms with E-state index in [2.05, 4.69) is 4.74 Å². The number of esters is 1. The molecule has 2 amide bonds. The number of carbonyl (C=O) groups excluding carboxylic acids is 3. The number of carbonyl (C=O) groups is 4. The molecule has 0 radical (unpaired) electrons. The van der Waals surface area contributed by atoms with Crippen LogP contribution in [-0.4, -0.2) is 36.0 Å². The van der Waals surface area contributed by atoms with E-state index in [0.29, 0.717) is 22.7 Å². The average molecular weight is 597 g/mol. The van der Waals surface area contributed by atoms with Gasteiger partial charge in [-0.05, 0) is 97.1 Å². The van der Waals surface area contributed by atoms with Crippen molar-refractivity contribution < 1.29 is 46.6 Å². The first-order valence-corrected chi connectivity index (χ1v) is 12.4. The fraction of sp³-hybridized carbons (Fsp3) is 0.0968. The van der Waals surface area contributed by atoms with Crippen LogP contribution in [0.3, 0.4) is 0 Å². The van der Waals surface area contributed by atoms with Crippen molar-refractivity contribution >= 4 is 46.5 Å². The van der Waals surface area contributed by atoms with Gasteiger partial charge in [0.05, 0.1) is 7.11 Å². The van der Waals surface area contributed by atoms with Crippen LogP contribution in [0.2, 0.25) is 0 Å². The summed E-state index contributed by atoms with van der Waals surface area (Å²) in [6.07, 6.45) is -1.21. The molecule has 4 aromatic carbocycles. The number of anilines is 4. The Labute approximate surface area is 243 Å². The van der Waals surface area contributed by atoms with Crippen LogP contribution in [0.4, 0.5) is 40.3 Å². The molecule has 0 aliphatic heterocycles.